The third kappa shape index (κ3) is 4.17. The lowest BCUT2D eigenvalue weighted by atomic mass is 10.3. The van der Waals surface area contributed by atoms with Crippen molar-refractivity contribution in [2.45, 2.75) is 19.6 Å². The minimum atomic E-state index is -3.29. The first kappa shape index (κ1) is 16.2. The molecule has 0 aliphatic carbocycles. The molecular formula is C15H20NO3PS. The average Bonchev–Trinajstić information content (AvgIpc) is 3.00. The Hall–Kier alpha value is -1.13. The van der Waals surface area contributed by atoms with E-state index in [9.17, 15) is 4.57 Å². The number of nitrogens with one attached hydrogen (secondary N) is 1. The van der Waals surface area contributed by atoms with Crippen molar-refractivity contribution in [3.05, 3.63) is 52.7 Å². The molecule has 0 saturated heterocycles. The molecule has 0 saturated carbocycles. The van der Waals surface area contributed by atoms with Crippen LogP contribution in [0.4, 0.5) is 5.69 Å². The van der Waals surface area contributed by atoms with Gasteiger partial charge in [-0.1, -0.05) is 18.2 Å². The fourth-order valence-corrected chi connectivity index (χ4v) is 4.73. The largest absolute Gasteiger partial charge is 0.368 e. The van der Waals surface area contributed by atoms with Crippen LogP contribution in [-0.2, 0) is 13.6 Å². The van der Waals surface area contributed by atoms with Gasteiger partial charge in [-0.25, -0.2) is 0 Å². The zero-order valence-electron chi connectivity index (χ0n) is 12.2. The van der Waals surface area contributed by atoms with Gasteiger partial charge in [-0.05, 0) is 48.4 Å². The number of benzene rings is 1. The molecule has 2 aromatic rings. The second-order valence-corrected chi connectivity index (χ2v) is 7.24. The molecule has 114 valence electrons. The van der Waals surface area contributed by atoms with Gasteiger partial charge in [0.05, 0.1) is 13.2 Å². The van der Waals surface area contributed by atoms with Crippen LogP contribution in [0, 0.1) is 0 Å². The molecule has 0 bridgehead atoms. The molecule has 1 aromatic carbocycles. The van der Waals surface area contributed by atoms with Gasteiger partial charge < -0.3 is 14.4 Å². The topological polar surface area (TPSA) is 47.6 Å². The van der Waals surface area contributed by atoms with Crippen molar-refractivity contribution in [3.63, 3.8) is 0 Å². The second kappa shape index (κ2) is 7.76. The first-order chi connectivity index (χ1) is 10.2. The molecule has 1 N–H and O–H groups in total. The Bertz CT molecular complexity index is 564. The summed E-state index contributed by atoms with van der Waals surface area (Å²) in [6, 6.07) is 11.6. The van der Waals surface area contributed by atoms with Gasteiger partial charge in [-0.3, -0.25) is 4.57 Å². The van der Waals surface area contributed by atoms with Crippen LogP contribution >= 0.6 is 18.9 Å². The van der Waals surface area contributed by atoms with Crippen molar-refractivity contribution in [2.24, 2.45) is 0 Å². The van der Waals surface area contributed by atoms with E-state index in [0.29, 0.717) is 13.2 Å². The molecule has 0 aliphatic rings. The Labute approximate surface area is 129 Å². The van der Waals surface area contributed by atoms with Crippen molar-refractivity contribution in [3.8, 4) is 0 Å². The minimum absolute atomic E-state index is 0.342. The molecule has 0 amide bonds. The van der Waals surface area contributed by atoms with Gasteiger partial charge in [0.1, 0.15) is 0 Å². The van der Waals surface area contributed by atoms with Gasteiger partial charge in [0.15, 0.2) is 5.78 Å². The number of para-hydroxylation sites is 1. The highest BCUT2D eigenvalue weighted by Gasteiger charge is 2.37. The number of thiophene rings is 1. The minimum Gasteiger partial charge on any atom is -0.368 e. The van der Waals surface area contributed by atoms with Crippen molar-refractivity contribution < 1.29 is 13.6 Å². The molecular weight excluding hydrogens is 305 g/mol. The molecule has 4 nitrogen and oxygen atoms in total. The lowest BCUT2D eigenvalue weighted by Crippen LogP contribution is -2.14. The predicted molar refractivity (Wildman–Crippen MR) is 88.0 cm³/mol. The van der Waals surface area contributed by atoms with E-state index in [-0.39, 0.29) is 0 Å². The van der Waals surface area contributed by atoms with Crippen LogP contribution in [0.1, 0.15) is 25.2 Å². The van der Waals surface area contributed by atoms with Gasteiger partial charge in [-0.2, -0.15) is 11.3 Å². The smallest absolute Gasteiger partial charge is 0.357 e. The average molecular weight is 325 g/mol. The van der Waals surface area contributed by atoms with Crippen LogP contribution in [0.2, 0.25) is 0 Å². The van der Waals surface area contributed by atoms with Gasteiger partial charge in [0.2, 0.25) is 0 Å². The van der Waals surface area contributed by atoms with Gasteiger partial charge >= 0.3 is 7.60 Å². The molecule has 1 heterocycles. The van der Waals surface area contributed by atoms with Crippen molar-refractivity contribution in [1.29, 1.82) is 0 Å². The second-order valence-electron chi connectivity index (χ2n) is 4.34. The molecule has 0 fully saturated rings. The monoisotopic (exact) mass is 325 g/mol. The van der Waals surface area contributed by atoms with E-state index < -0.39 is 13.4 Å². The highest BCUT2D eigenvalue weighted by atomic mass is 32.1. The summed E-state index contributed by atoms with van der Waals surface area (Å²) in [7, 11) is -3.29. The summed E-state index contributed by atoms with van der Waals surface area (Å²) in [6.07, 6.45) is 0. The maximum atomic E-state index is 13.1. The first-order valence-electron chi connectivity index (χ1n) is 6.92. The lowest BCUT2D eigenvalue weighted by Gasteiger charge is -2.27. The summed E-state index contributed by atoms with van der Waals surface area (Å²) in [5.74, 6) is -0.508. The highest BCUT2D eigenvalue weighted by Crippen LogP contribution is 2.60. The lowest BCUT2D eigenvalue weighted by molar-refractivity contribution is 0.214. The van der Waals surface area contributed by atoms with Crippen molar-refractivity contribution >= 4 is 24.6 Å². The number of hydrogen-bond acceptors (Lipinski definition) is 5. The maximum absolute atomic E-state index is 13.1. The Morgan fingerprint density at radius 3 is 2.33 bits per heavy atom. The van der Waals surface area contributed by atoms with E-state index in [1.165, 1.54) is 0 Å². The molecule has 0 radical (unpaired) electrons. The zero-order chi connectivity index (χ0) is 15.1. The van der Waals surface area contributed by atoms with Gasteiger partial charge in [0.25, 0.3) is 0 Å². The summed E-state index contributed by atoms with van der Waals surface area (Å²) < 4.78 is 24.1. The standard InChI is InChI=1S/C15H20NO3PS/c1-3-18-20(17,19-4-2)15(13-10-11-21-12-13)16-14-8-6-5-7-9-14/h5-12,15-16H,3-4H2,1-2H3. The van der Waals surface area contributed by atoms with E-state index in [0.717, 1.165) is 11.3 Å². The predicted octanol–water partition coefficient (Wildman–Crippen LogP) is 5.12. The van der Waals surface area contributed by atoms with Crippen LogP contribution in [0.15, 0.2) is 47.2 Å². The Kier molecular flexibility index (Phi) is 6.00. The summed E-state index contributed by atoms with van der Waals surface area (Å²) in [5.41, 5.74) is 1.79. The zero-order valence-corrected chi connectivity index (χ0v) is 13.9. The van der Waals surface area contributed by atoms with Crippen LogP contribution in [0.3, 0.4) is 0 Å². The fourth-order valence-electron chi connectivity index (χ4n) is 2.01. The Morgan fingerprint density at radius 2 is 1.81 bits per heavy atom. The Balaban J connectivity index is 2.33. The van der Waals surface area contributed by atoms with Crippen LogP contribution in [0.25, 0.3) is 0 Å². The molecule has 6 heteroatoms. The Morgan fingerprint density at radius 1 is 1.14 bits per heavy atom. The maximum Gasteiger partial charge on any atom is 0.357 e. The molecule has 1 atom stereocenters. The van der Waals surface area contributed by atoms with E-state index in [1.54, 1.807) is 11.3 Å². The molecule has 1 unspecified atom stereocenters. The normalized spacial score (nSPS) is 13.0. The first-order valence-corrected chi connectivity index (χ1v) is 9.47. The highest BCUT2D eigenvalue weighted by molar-refractivity contribution is 7.54. The van der Waals surface area contributed by atoms with E-state index >= 15 is 0 Å². The third-order valence-electron chi connectivity index (χ3n) is 2.87. The number of rotatable bonds is 8. The fraction of sp³-hybridized carbons (Fsp3) is 0.333. The third-order valence-corrected chi connectivity index (χ3v) is 5.87. The van der Waals surface area contributed by atoms with Crippen LogP contribution < -0.4 is 5.32 Å². The molecule has 0 spiro atoms. The molecule has 0 aliphatic heterocycles. The summed E-state index contributed by atoms with van der Waals surface area (Å²) >= 11 is 1.56. The summed E-state index contributed by atoms with van der Waals surface area (Å²) in [6.45, 7) is 4.32. The molecule has 21 heavy (non-hydrogen) atoms. The number of anilines is 1. The van der Waals surface area contributed by atoms with E-state index in [2.05, 4.69) is 5.32 Å². The van der Waals surface area contributed by atoms with Crippen molar-refractivity contribution in [1.82, 2.24) is 0 Å². The van der Waals surface area contributed by atoms with Gasteiger partial charge in [-0.15, -0.1) is 0 Å². The van der Waals surface area contributed by atoms with Crippen LogP contribution in [-0.4, -0.2) is 13.2 Å². The van der Waals surface area contributed by atoms with Crippen LogP contribution in [0.5, 0.6) is 0 Å². The quantitative estimate of drug-likeness (QED) is 0.684. The molecule has 2 rings (SSSR count). The SMILES string of the molecule is CCOP(=O)(OCC)C(Nc1ccccc1)c1ccsc1. The van der Waals surface area contributed by atoms with Gasteiger partial charge in [0, 0.05) is 5.69 Å². The van der Waals surface area contributed by atoms with E-state index in [1.807, 2.05) is 61.0 Å². The number of hydrogen-bond donors (Lipinski definition) is 1. The molecule has 1 aromatic heterocycles. The van der Waals surface area contributed by atoms with Crippen molar-refractivity contribution in [2.75, 3.05) is 18.5 Å². The summed E-state index contributed by atoms with van der Waals surface area (Å²) in [4.78, 5) is 0. The van der Waals surface area contributed by atoms with E-state index in [4.69, 9.17) is 9.05 Å². The summed E-state index contributed by atoms with van der Waals surface area (Å²) in [5, 5.41) is 7.20.